The first-order valence-corrected chi connectivity index (χ1v) is 8.43. The molecule has 2 rings (SSSR count). The zero-order valence-electron chi connectivity index (χ0n) is 12.0. The van der Waals surface area contributed by atoms with E-state index >= 15 is 0 Å². The maximum atomic E-state index is 11.3. The van der Waals surface area contributed by atoms with Gasteiger partial charge in [-0.2, -0.15) is 0 Å². The number of anilines is 1. The van der Waals surface area contributed by atoms with E-state index in [1.165, 1.54) is 11.6 Å². The van der Waals surface area contributed by atoms with Crippen LogP contribution in [0.25, 0.3) is 0 Å². The molecule has 5 heteroatoms. The van der Waals surface area contributed by atoms with E-state index in [0.717, 1.165) is 18.5 Å². The highest BCUT2D eigenvalue weighted by atomic mass is 32.2. The molecule has 0 saturated heterocycles. The summed E-state index contributed by atoms with van der Waals surface area (Å²) >= 11 is 0. The minimum absolute atomic E-state index is 0.128. The van der Waals surface area contributed by atoms with Crippen molar-refractivity contribution in [3.8, 4) is 0 Å². The van der Waals surface area contributed by atoms with Gasteiger partial charge in [-0.3, -0.25) is 0 Å². The molecule has 0 aromatic heterocycles. The van der Waals surface area contributed by atoms with Crippen LogP contribution in [0.2, 0.25) is 0 Å². The van der Waals surface area contributed by atoms with Gasteiger partial charge in [0.2, 0.25) is 10.0 Å². The molecule has 0 bridgehead atoms. The summed E-state index contributed by atoms with van der Waals surface area (Å²) in [6, 6.07) is 17.1. The SMILES string of the molecule is CC(CCc1ccccc1)Nc1cccc(S(N)(=O)=O)c1. The normalized spacial score (nSPS) is 12.9. The van der Waals surface area contributed by atoms with Gasteiger partial charge in [0, 0.05) is 11.7 Å². The average Bonchev–Trinajstić information content (AvgIpc) is 2.46. The van der Waals surface area contributed by atoms with Crippen LogP contribution in [-0.4, -0.2) is 14.5 Å². The number of nitrogens with two attached hydrogens (primary N) is 1. The predicted octanol–water partition coefficient (Wildman–Crippen LogP) is 2.77. The molecule has 0 heterocycles. The Morgan fingerprint density at radius 1 is 1.10 bits per heavy atom. The second-order valence-electron chi connectivity index (χ2n) is 5.14. The van der Waals surface area contributed by atoms with Gasteiger partial charge in [-0.05, 0) is 43.5 Å². The zero-order chi connectivity index (χ0) is 15.3. The van der Waals surface area contributed by atoms with E-state index < -0.39 is 10.0 Å². The molecule has 21 heavy (non-hydrogen) atoms. The lowest BCUT2D eigenvalue weighted by Gasteiger charge is -2.15. The largest absolute Gasteiger partial charge is 0.383 e. The van der Waals surface area contributed by atoms with Gasteiger partial charge in [0.15, 0.2) is 0 Å². The minimum atomic E-state index is -3.66. The smallest absolute Gasteiger partial charge is 0.238 e. The van der Waals surface area contributed by atoms with E-state index in [9.17, 15) is 8.42 Å². The molecule has 0 fully saturated rings. The third-order valence-electron chi connectivity index (χ3n) is 3.28. The van der Waals surface area contributed by atoms with Crippen molar-refractivity contribution in [1.82, 2.24) is 0 Å². The average molecular weight is 304 g/mol. The lowest BCUT2D eigenvalue weighted by atomic mass is 10.1. The van der Waals surface area contributed by atoms with E-state index in [1.54, 1.807) is 12.1 Å². The van der Waals surface area contributed by atoms with Gasteiger partial charge >= 0.3 is 0 Å². The third kappa shape index (κ3) is 4.88. The van der Waals surface area contributed by atoms with Crippen molar-refractivity contribution < 1.29 is 8.42 Å². The summed E-state index contributed by atoms with van der Waals surface area (Å²) in [6.45, 7) is 2.08. The number of sulfonamides is 1. The molecule has 0 aliphatic rings. The Bertz CT molecular complexity index is 684. The molecule has 2 aromatic rings. The first-order chi connectivity index (χ1) is 9.95. The molecule has 0 amide bonds. The molecule has 112 valence electrons. The van der Waals surface area contributed by atoms with Crippen LogP contribution >= 0.6 is 0 Å². The summed E-state index contributed by atoms with van der Waals surface area (Å²) < 4.78 is 22.7. The van der Waals surface area contributed by atoms with Crippen LogP contribution < -0.4 is 10.5 Å². The van der Waals surface area contributed by atoms with Crippen molar-refractivity contribution in [1.29, 1.82) is 0 Å². The first kappa shape index (κ1) is 15.5. The van der Waals surface area contributed by atoms with Gasteiger partial charge in [-0.25, -0.2) is 13.6 Å². The molecule has 2 aromatic carbocycles. The van der Waals surface area contributed by atoms with Gasteiger partial charge in [0.25, 0.3) is 0 Å². The quantitative estimate of drug-likeness (QED) is 0.862. The van der Waals surface area contributed by atoms with Crippen LogP contribution in [0.4, 0.5) is 5.69 Å². The van der Waals surface area contributed by atoms with Crippen molar-refractivity contribution in [3.05, 3.63) is 60.2 Å². The molecular weight excluding hydrogens is 284 g/mol. The maximum absolute atomic E-state index is 11.3. The maximum Gasteiger partial charge on any atom is 0.238 e. The fourth-order valence-corrected chi connectivity index (χ4v) is 2.71. The molecule has 1 atom stereocenters. The molecule has 0 saturated carbocycles. The predicted molar refractivity (Wildman–Crippen MR) is 85.7 cm³/mol. The molecule has 0 spiro atoms. The molecular formula is C16H20N2O2S. The monoisotopic (exact) mass is 304 g/mol. The van der Waals surface area contributed by atoms with Gasteiger partial charge in [0.05, 0.1) is 4.90 Å². The van der Waals surface area contributed by atoms with Crippen LogP contribution in [0.15, 0.2) is 59.5 Å². The molecule has 3 N–H and O–H groups in total. The van der Waals surface area contributed by atoms with E-state index in [0.29, 0.717) is 0 Å². The second kappa shape index (κ2) is 6.74. The highest BCUT2D eigenvalue weighted by Crippen LogP contribution is 2.16. The number of benzene rings is 2. The van der Waals surface area contributed by atoms with E-state index in [-0.39, 0.29) is 10.9 Å². The van der Waals surface area contributed by atoms with Crippen LogP contribution in [0, 0.1) is 0 Å². The van der Waals surface area contributed by atoms with Crippen LogP contribution in [0.1, 0.15) is 18.9 Å². The lowest BCUT2D eigenvalue weighted by Crippen LogP contribution is -2.17. The number of hydrogen-bond acceptors (Lipinski definition) is 3. The van der Waals surface area contributed by atoms with Crippen molar-refractivity contribution in [3.63, 3.8) is 0 Å². The molecule has 1 unspecified atom stereocenters. The zero-order valence-corrected chi connectivity index (χ0v) is 12.8. The fraction of sp³-hybridized carbons (Fsp3) is 0.250. The Hall–Kier alpha value is -1.85. The summed E-state index contributed by atoms with van der Waals surface area (Å²) in [5, 5.41) is 8.44. The van der Waals surface area contributed by atoms with Crippen LogP contribution in [-0.2, 0) is 16.4 Å². The summed E-state index contributed by atoms with van der Waals surface area (Å²) in [5.74, 6) is 0. The summed E-state index contributed by atoms with van der Waals surface area (Å²) in [7, 11) is -3.66. The number of aryl methyl sites for hydroxylation is 1. The fourth-order valence-electron chi connectivity index (χ4n) is 2.15. The molecule has 4 nitrogen and oxygen atoms in total. The second-order valence-corrected chi connectivity index (χ2v) is 6.70. The van der Waals surface area contributed by atoms with E-state index in [1.807, 2.05) is 24.3 Å². The minimum Gasteiger partial charge on any atom is -0.383 e. The summed E-state index contributed by atoms with van der Waals surface area (Å²) in [4.78, 5) is 0.128. The van der Waals surface area contributed by atoms with Crippen molar-refractivity contribution in [2.45, 2.75) is 30.7 Å². The van der Waals surface area contributed by atoms with Gasteiger partial charge in [-0.15, -0.1) is 0 Å². The van der Waals surface area contributed by atoms with Crippen LogP contribution in [0.3, 0.4) is 0 Å². The number of hydrogen-bond donors (Lipinski definition) is 2. The Morgan fingerprint density at radius 2 is 1.81 bits per heavy atom. The standard InChI is InChI=1S/C16H20N2O2S/c1-13(10-11-14-6-3-2-4-7-14)18-15-8-5-9-16(12-15)21(17,19)20/h2-9,12-13,18H,10-11H2,1H3,(H2,17,19,20). The van der Waals surface area contributed by atoms with Crippen molar-refractivity contribution >= 4 is 15.7 Å². The molecule has 0 aliphatic carbocycles. The lowest BCUT2D eigenvalue weighted by molar-refractivity contribution is 0.598. The Morgan fingerprint density at radius 3 is 2.48 bits per heavy atom. The topological polar surface area (TPSA) is 72.2 Å². The summed E-state index contributed by atoms with van der Waals surface area (Å²) in [6.07, 6.45) is 1.94. The highest BCUT2D eigenvalue weighted by molar-refractivity contribution is 7.89. The summed E-state index contributed by atoms with van der Waals surface area (Å²) in [5.41, 5.74) is 2.06. The van der Waals surface area contributed by atoms with Crippen molar-refractivity contribution in [2.75, 3.05) is 5.32 Å². The Labute approximate surface area is 126 Å². The molecule has 0 radical (unpaired) electrons. The van der Waals surface area contributed by atoms with Gasteiger partial charge in [-0.1, -0.05) is 36.4 Å². The number of nitrogens with one attached hydrogen (secondary N) is 1. The van der Waals surface area contributed by atoms with E-state index in [2.05, 4.69) is 24.4 Å². The first-order valence-electron chi connectivity index (χ1n) is 6.88. The van der Waals surface area contributed by atoms with Crippen molar-refractivity contribution in [2.24, 2.45) is 5.14 Å². The van der Waals surface area contributed by atoms with E-state index in [4.69, 9.17) is 5.14 Å². The number of primary sulfonamides is 1. The molecule has 0 aliphatic heterocycles. The van der Waals surface area contributed by atoms with Crippen LogP contribution in [0.5, 0.6) is 0 Å². The Balaban J connectivity index is 1.95. The number of rotatable bonds is 6. The third-order valence-corrected chi connectivity index (χ3v) is 4.20. The van der Waals surface area contributed by atoms with Gasteiger partial charge in [0.1, 0.15) is 0 Å². The highest BCUT2D eigenvalue weighted by Gasteiger charge is 2.09. The van der Waals surface area contributed by atoms with Gasteiger partial charge < -0.3 is 5.32 Å². The Kier molecular flexibility index (Phi) is 4.98.